The Kier molecular flexibility index (Phi) is 5.01. The third kappa shape index (κ3) is 3.67. The van der Waals surface area contributed by atoms with Gasteiger partial charge in [0.05, 0.1) is 16.2 Å². The van der Waals surface area contributed by atoms with Gasteiger partial charge in [0.1, 0.15) is 0 Å². The Morgan fingerprint density at radius 3 is 2.71 bits per heavy atom. The zero-order valence-electron chi connectivity index (χ0n) is 12.9. The molecule has 1 aromatic carbocycles. The molecule has 1 aromatic heterocycles. The van der Waals surface area contributed by atoms with Crippen molar-refractivity contribution in [2.24, 2.45) is 0 Å². The highest BCUT2D eigenvalue weighted by atomic mass is 79.9. The Labute approximate surface area is 149 Å². The molecule has 2 aromatic rings. The normalized spacial score (nSPS) is 17.9. The highest BCUT2D eigenvalue weighted by Gasteiger charge is 2.33. The number of carbonyl (C=O) groups excluding carboxylic acids is 1. The average Bonchev–Trinajstić information content (AvgIpc) is 3.02. The first-order valence-electron chi connectivity index (χ1n) is 7.67. The number of aromatic nitrogens is 1. The van der Waals surface area contributed by atoms with Crippen LogP contribution in [0.25, 0.3) is 0 Å². The maximum Gasteiger partial charge on any atom is 0.255 e. The van der Waals surface area contributed by atoms with Gasteiger partial charge in [0.25, 0.3) is 5.91 Å². The summed E-state index contributed by atoms with van der Waals surface area (Å²) >= 11 is 3.30. The molecular formula is C17H17BrN2O3S. The standard InChI is InChI=1S/C17H17BrN2O3S/c18-14-9-13(10-19-11-14)17(21)20-8-4-5-15(20)12-24(22,23)16-6-2-1-3-7-16/h1-3,6-7,9-11,15H,4-5,8,12H2. The largest absolute Gasteiger partial charge is 0.335 e. The van der Waals surface area contributed by atoms with Crippen LogP contribution >= 0.6 is 15.9 Å². The zero-order valence-corrected chi connectivity index (χ0v) is 15.3. The Morgan fingerprint density at radius 1 is 1.25 bits per heavy atom. The van der Waals surface area contributed by atoms with Crippen molar-refractivity contribution < 1.29 is 13.2 Å². The lowest BCUT2D eigenvalue weighted by Gasteiger charge is -2.24. The summed E-state index contributed by atoms with van der Waals surface area (Å²) in [5, 5.41) is 0. The summed E-state index contributed by atoms with van der Waals surface area (Å²) < 4.78 is 25.9. The van der Waals surface area contributed by atoms with Crippen molar-refractivity contribution >= 4 is 31.7 Å². The maximum absolute atomic E-state index is 12.7. The summed E-state index contributed by atoms with van der Waals surface area (Å²) in [4.78, 5) is 18.7. The predicted octanol–water partition coefficient (Wildman–Crippen LogP) is 2.92. The maximum atomic E-state index is 12.7. The molecule has 7 heteroatoms. The molecular weight excluding hydrogens is 392 g/mol. The van der Waals surface area contributed by atoms with Crippen molar-refractivity contribution in [2.45, 2.75) is 23.8 Å². The van der Waals surface area contributed by atoms with Crippen molar-refractivity contribution in [1.29, 1.82) is 0 Å². The summed E-state index contributed by atoms with van der Waals surface area (Å²) in [6.45, 7) is 0.570. The van der Waals surface area contributed by atoms with Crippen molar-refractivity contribution in [1.82, 2.24) is 9.88 Å². The molecule has 1 unspecified atom stereocenters. The number of likely N-dealkylation sites (tertiary alicyclic amines) is 1. The first kappa shape index (κ1) is 17.1. The lowest BCUT2D eigenvalue weighted by molar-refractivity contribution is 0.0748. The molecule has 5 nitrogen and oxygen atoms in total. The van der Waals surface area contributed by atoms with Crippen LogP contribution in [0, 0.1) is 0 Å². The van der Waals surface area contributed by atoms with E-state index in [1.54, 1.807) is 47.5 Å². The van der Waals surface area contributed by atoms with Crippen molar-refractivity contribution in [3.8, 4) is 0 Å². The van der Waals surface area contributed by atoms with Crippen molar-refractivity contribution in [3.63, 3.8) is 0 Å². The molecule has 0 saturated carbocycles. The van der Waals surface area contributed by atoms with E-state index in [0.717, 1.165) is 10.9 Å². The second-order valence-corrected chi connectivity index (χ2v) is 8.73. The highest BCUT2D eigenvalue weighted by molar-refractivity contribution is 9.10. The van der Waals surface area contributed by atoms with Crippen molar-refractivity contribution in [3.05, 3.63) is 58.8 Å². The van der Waals surface area contributed by atoms with Crippen LogP contribution in [0.1, 0.15) is 23.2 Å². The first-order valence-corrected chi connectivity index (χ1v) is 10.1. The van der Waals surface area contributed by atoms with E-state index in [1.807, 2.05) is 0 Å². The van der Waals surface area contributed by atoms with Gasteiger partial charge in [0, 0.05) is 29.5 Å². The Morgan fingerprint density at radius 2 is 2.00 bits per heavy atom. The van der Waals surface area contributed by atoms with E-state index in [4.69, 9.17) is 0 Å². The van der Waals surface area contributed by atoms with E-state index in [2.05, 4.69) is 20.9 Å². The number of pyridine rings is 1. The summed E-state index contributed by atoms with van der Waals surface area (Å²) in [6, 6.07) is 9.78. The molecule has 0 spiro atoms. The number of rotatable bonds is 4. The van der Waals surface area contributed by atoms with E-state index >= 15 is 0 Å². The monoisotopic (exact) mass is 408 g/mol. The minimum Gasteiger partial charge on any atom is -0.335 e. The van der Waals surface area contributed by atoms with Crippen LogP contribution in [0.15, 0.2) is 58.2 Å². The fraction of sp³-hybridized carbons (Fsp3) is 0.294. The van der Waals surface area contributed by atoms with Crippen LogP contribution < -0.4 is 0 Å². The van der Waals surface area contributed by atoms with Gasteiger partial charge in [-0.3, -0.25) is 9.78 Å². The molecule has 1 aliphatic rings. The molecule has 24 heavy (non-hydrogen) atoms. The number of benzene rings is 1. The number of hydrogen-bond donors (Lipinski definition) is 0. The van der Waals surface area contributed by atoms with E-state index in [9.17, 15) is 13.2 Å². The third-order valence-corrected chi connectivity index (χ3v) is 6.35. The molecule has 1 amide bonds. The van der Waals surface area contributed by atoms with Crippen LogP contribution in [0.3, 0.4) is 0 Å². The number of halogens is 1. The average molecular weight is 409 g/mol. The molecule has 0 radical (unpaired) electrons. The molecule has 0 N–H and O–H groups in total. The third-order valence-electron chi connectivity index (χ3n) is 4.10. The molecule has 0 bridgehead atoms. The molecule has 1 saturated heterocycles. The van der Waals surface area contributed by atoms with Crippen LogP contribution in [-0.4, -0.2) is 42.5 Å². The number of amides is 1. The van der Waals surface area contributed by atoms with Gasteiger partial charge in [-0.05, 0) is 47.0 Å². The minimum absolute atomic E-state index is 0.0514. The smallest absolute Gasteiger partial charge is 0.255 e. The lowest BCUT2D eigenvalue weighted by Crippen LogP contribution is -2.39. The number of nitrogens with zero attached hydrogens (tertiary/aromatic N) is 2. The van der Waals surface area contributed by atoms with Crippen molar-refractivity contribution in [2.75, 3.05) is 12.3 Å². The number of hydrogen-bond acceptors (Lipinski definition) is 4. The van der Waals surface area contributed by atoms with E-state index in [0.29, 0.717) is 23.4 Å². The van der Waals surface area contributed by atoms with Gasteiger partial charge in [-0.25, -0.2) is 8.42 Å². The predicted molar refractivity (Wildman–Crippen MR) is 94.5 cm³/mol. The van der Waals surface area contributed by atoms with Gasteiger partial charge in [0.2, 0.25) is 0 Å². The summed E-state index contributed by atoms with van der Waals surface area (Å²) in [6.07, 6.45) is 4.62. The van der Waals surface area contributed by atoms with Gasteiger partial charge < -0.3 is 4.90 Å². The van der Waals surface area contributed by atoms with E-state index < -0.39 is 9.84 Å². The van der Waals surface area contributed by atoms with Gasteiger partial charge in [-0.2, -0.15) is 0 Å². The molecule has 1 fully saturated rings. The second kappa shape index (κ2) is 7.03. The fourth-order valence-electron chi connectivity index (χ4n) is 2.95. The molecule has 3 rings (SSSR count). The van der Waals surface area contributed by atoms with Crippen LogP contribution in [0.4, 0.5) is 0 Å². The summed E-state index contributed by atoms with van der Waals surface area (Å²) in [5.41, 5.74) is 0.466. The number of sulfone groups is 1. The highest BCUT2D eigenvalue weighted by Crippen LogP contribution is 2.24. The zero-order chi connectivity index (χ0) is 17.2. The molecule has 1 aliphatic heterocycles. The topological polar surface area (TPSA) is 67.3 Å². The Hall–Kier alpha value is -1.73. The van der Waals surface area contributed by atoms with E-state index in [1.165, 1.54) is 6.20 Å². The van der Waals surface area contributed by atoms with Crippen LogP contribution in [0.2, 0.25) is 0 Å². The van der Waals surface area contributed by atoms with Gasteiger partial charge in [-0.1, -0.05) is 18.2 Å². The molecule has 2 heterocycles. The summed E-state index contributed by atoms with van der Waals surface area (Å²) in [7, 11) is -3.42. The fourth-order valence-corrected chi connectivity index (χ4v) is 4.93. The van der Waals surface area contributed by atoms with E-state index in [-0.39, 0.29) is 17.7 Å². The second-order valence-electron chi connectivity index (χ2n) is 5.78. The van der Waals surface area contributed by atoms with Gasteiger partial charge in [-0.15, -0.1) is 0 Å². The van der Waals surface area contributed by atoms with Gasteiger partial charge >= 0.3 is 0 Å². The lowest BCUT2D eigenvalue weighted by atomic mass is 10.2. The van der Waals surface area contributed by atoms with Crippen LogP contribution in [-0.2, 0) is 9.84 Å². The van der Waals surface area contributed by atoms with Gasteiger partial charge in [0.15, 0.2) is 9.84 Å². The Bertz CT molecular complexity index is 840. The number of carbonyl (C=O) groups is 1. The van der Waals surface area contributed by atoms with Crippen LogP contribution in [0.5, 0.6) is 0 Å². The molecule has 1 atom stereocenters. The molecule has 0 aliphatic carbocycles. The quantitative estimate of drug-likeness (QED) is 0.779. The minimum atomic E-state index is -3.42. The SMILES string of the molecule is O=C(c1cncc(Br)c1)N1CCCC1CS(=O)(=O)c1ccccc1. The molecule has 126 valence electrons. The summed E-state index contributed by atoms with van der Waals surface area (Å²) in [5.74, 6) is -0.223. The Balaban J connectivity index is 1.80. The first-order chi connectivity index (χ1) is 11.5.